The van der Waals surface area contributed by atoms with E-state index in [0.717, 1.165) is 5.56 Å². The van der Waals surface area contributed by atoms with Crippen molar-refractivity contribution >= 4 is 29.0 Å². The number of nitrogens with one attached hydrogen (secondary N) is 1. The Labute approximate surface area is 138 Å². The van der Waals surface area contributed by atoms with Gasteiger partial charge in [-0.15, -0.1) is 0 Å². The zero-order valence-corrected chi connectivity index (χ0v) is 13.7. The minimum atomic E-state index is -0.504. The van der Waals surface area contributed by atoms with Crippen LogP contribution in [0.3, 0.4) is 0 Å². The predicted molar refractivity (Wildman–Crippen MR) is 87.6 cm³/mol. The number of Topliss-reactive ketones (excluding diaryl/α,β-unsaturated/α-hetero) is 1. The molecule has 0 aliphatic rings. The molecule has 1 aromatic heterocycles. The van der Waals surface area contributed by atoms with Crippen molar-refractivity contribution in [1.82, 2.24) is 5.32 Å². The molecule has 0 fully saturated rings. The summed E-state index contributed by atoms with van der Waals surface area (Å²) in [5.74, 6) is -0.888. The van der Waals surface area contributed by atoms with Gasteiger partial charge in [0.05, 0.1) is 11.6 Å². The topological polar surface area (TPSA) is 72.5 Å². The summed E-state index contributed by atoms with van der Waals surface area (Å²) >= 11 is 1.39. The van der Waals surface area contributed by atoms with Gasteiger partial charge in [0.2, 0.25) is 5.91 Å². The average Bonchev–Trinajstić information content (AvgIpc) is 3.06. The van der Waals surface area contributed by atoms with Gasteiger partial charge in [-0.05, 0) is 23.9 Å². The van der Waals surface area contributed by atoms with Gasteiger partial charge in [-0.2, -0.15) is 11.3 Å². The third-order valence-corrected chi connectivity index (χ3v) is 3.93. The second-order valence-corrected chi connectivity index (χ2v) is 5.84. The fraction of sp³-hybridized carbons (Fsp3) is 0.235. The maximum atomic E-state index is 12.0. The molecule has 1 aromatic carbocycles. The Balaban J connectivity index is 1.92. The Bertz CT molecular complexity index is 692. The first kappa shape index (κ1) is 16.9. The van der Waals surface area contributed by atoms with Crippen LogP contribution in [0.4, 0.5) is 0 Å². The monoisotopic (exact) mass is 331 g/mol. The summed E-state index contributed by atoms with van der Waals surface area (Å²) in [7, 11) is 0. The van der Waals surface area contributed by atoms with Crippen molar-refractivity contribution in [3.8, 4) is 0 Å². The van der Waals surface area contributed by atoms with E-state index in [1.54, 1.807) is 41.1 Å². The van der Waals surface area contributed by atoms with E-state index in [0.29, 0.717) is 11.1 Å². The van der Waals surface area contributed by atoms with E-state index in [9.17, 15) is 14.4 Å². The summed E-state index contributed by atoms with van der Waals surface area (Å²) in [4.78, 5) is 34.7. The van der Waals surface area contributed by atoms with Gasteiger partial charge in [0.1, 0.15) is 0 Å². The zero-order chi connectivity index (χ0) is 16.8. The van der Waals surface area contributed by atoms with E-state index in [4.69, 9.17) is 4.74 Å². The summed E-state index contributed by atoms with van der Waals surface area (Å²) in [5, 5.41) is 6.21. The molecule has 1 N–H and O–H groups in total. The molecule has 5 nitrogen and oxygen atoms in total. The lowest BCUT2D eigenvalue weighted by Crippen LogP contribution is -2.23. The number of thiophene rings is 1. The van der Waals surface area contributed by atoms with Crippen LogP contribution in [0.1, 0.15) is 46.2 Å². The van der Waals surface area contributed by atoms with E-state index in [1.807, 2.05) is 6.92 Å². The number of esters is 1. The number of benzene rings is 1. The van der Waals surface area contributed by atoms with Gasteiger partial charge in [0.25, 0.3) is 0 Å². The van der Waals surface area contributed by atoms with Crippen molar-refractivity contribution in [3.05, 3.63) is 57.8 Å². The zero-order valence-electron chi connectivity index (χ0n) is 12.9. The van der Waals surface area contributed by atoms with Crippen molar-refractivity contribution in [1.29, 1.82) is 0 Å². The highest BCUT2D eigenvalue weighted by atomic mass is 32.1. The molecule has 1 heterocycles. The average molecular weight is 331 g/mol. The first-order valence-electron chi connectivity index (χ1n) is 7.07. The number of carbonyl (C=O) groups excluding carboxylic acids is 3. The third kappa shape index (κ3) is 4.75. The third-order valence-electron chi connectivity index (χ3n) is 3.24. The maximum absolute atomic E-state index is 12.0. The minimum absolute atomic E-state index is 0.113. The Hall–Kier alpha value is -2.47. The lowest BCUT2D eigenvalue weighted by atomic mass is 10.0. The largest absolute Gasteiger partial charge is 0.454 e. The van der Waals surface area contributed by atoms with Gasteiger partial charge in [0, 0.05) is 17.9 Å². The number of ether oxygens (including phenoxy) is 1. The molecular weight excluding hydrogens is 314 g/mol. The Morgan fingerprint density at radius 1 is 1.13 bits per heavy atom. The van der Waals surface area contributed by atoms with E-state index < -0.39 is 5.97 Å². The van der Waals surface area contributed by atoms with Crippen molar-refractivity contribution in [2.75, 3.05) is 6.61 Å². The number of hydrogen-bond acceptors (Lipinski definition) is 5. The molecule has 0 saturated carbocycles. The van der Waals surface area contributed by atoms with Crippen molar-refractivity contribution in [3.63, 3.8) is 0 Å². The lowest BCUT2D eigenvalue weighted by Gasteiger charge is -2.13. The van der Waals surface area contributed by atoms with Gasteiger partial charge < -0.3 is 10.1 Å². The molecule has 23 heavy (non-hydrogen) atoms. The highest BCUT2D eigenvalue weighted by Gasteiger charge is 2.13. The summed E-state index contributed by atoms with van der Waals surface area (Å²) in [6, 6.07) is 8.38. The van der Waals surface area contributed by atoms with Gasteiger partial charge in [0.15, 0.2) is 12.4 Å². The van der Waals surface area contributed by atoms with Crippen molar-refractivity contribution < 1.29 is 19.1 Å². The summed E-state index contributed by atoms with van der Waals surface area (Å²) in [6.07, 6.45) is 0. The van der Waals surface area contributed by atoms with E-state index in [1.165, 1.54) is 18.3 Å². The number of rotatable bonds is 6. The highest BCUT2D eigenvalue weighted by molar-refractivity contribution is 7.08. The van der Waals surface area contributed by atoms with Crippen LogP contribution in [0.25, 0.3) is 0 Å². The summed E-state index contributed by atoms with van der Waals surface area (Å²) < 4.78 is 4.99. The Morgan fingerprint density at radius 3 is 2.39 bits per heavy atom. The highest BCUT2D eigenvalue weighted by Crippen LogP contribution is 2.14. The standard InChI is InChI=1S/C17H17NO4S/c1-11(18-12(2)19)13-3-5-14(6-4-13)16(20)9-22-17(21)15-7-8-23-10-15/h3-8,10-11H,9H2,1-2H3,(H,18,19)/t11-/m1/s1. The Morgan fingerprint density at radius 2 is 1.83 bits per heavy atom. The van der Waals surface area contributed by atoms with Crippen LogP contribution in [0, 0.1) is 0 Å². The van der Waals surface area contributed by atoms with Crippen LogP contribution in [0.5, 0.6) is 0 Å². The number of ketones is 1. The van der Waals surface area contributed by atoms with Gasteiger partial charge in [-0.3, -0.25) is 9.59 Å². The molecule has 6 heteroatoms. The van der Waals surface area contributed by atoms with Gasteiger partial charge in [-0.25, -0.2) is 4.79 Å². The number of carbonyl (C=O) groups is 3. The summed E-state index contributed by atoms with van der Waals surface area (Å²) in [6.45, 7) is 3.02. The molecule has 120 valence electrons. The molecule has 0 spiro atoms. The van der Waals surface area contributed by atoms with Crippen LogP contribution in [-0.2, 0) is 9.53 Å². The molecule has 0 unspecified atom stereocenters. The molecule has 0 radical (unpaired) electrons. The quantitative estimate of drug-likeness (QED) is 0.652. The molecule has 2 rings (SSSR count). The van der Waals surface area contributed by atoms with E-state index in [-0.39, 0.29) is 24.3 Å². The SMILES string of the molecule is CC(=O)N[C@H](C)c1ccc(C(=O)COC(=O)c2ccsc2)cc1. The molecular formula is C17H17NO4S. The minimum Gasteiger partial charge on any atom is -0.454 e. The second-order valence-electron chi connectivity index (χ2n) is 5.06. The predicted octanol–water partition coefficient (Wildman–Crippen LogP) is 2.98. The fourth-order valence-corrected chi connectivity index (χ4v) is 2.65. The molecule has 1 atom stereocenters. The molecule has 0 bridgehead atoms. The molecule has 0 saturated heterocycles. The Kier molecular flexibility index (Phi) is 5.65. The number of hydrogen-bond donors (Lipinski definition) is 1. The van der Waals surface area contributed by atoms with E-state index >= 15 is 0 Å². The van der Waals surface area contributed by atoms with Crippen LogP contribution < -0.4 is 5.32 Å². The van der Waals surface area contributed by atoms with Crippen LogP contribution >= 0.6 is 11.3 Å². The second kappa shape index (κ2) is 7.69. The molecule has 0 aliphatic heterocycles. The van der Waals surface area contributed by atoms with Crippen LogP contribution in [-0.4, -0.2) is 24.3 Å². The van der Waals surface area contributed by atoms with Crippen LogP contribution in [0.2, 0.25) is 0 Å². The lowest BCUT2D eigenvalue weighted by molar-refractivity contribution is -0.119. The van der Waals surface area contributed by atoms with Crippen molar-refractivity contribution in [2.45, 2.75) is 19.9 Å². The van der Waals surface area contributed by atoms with E-state index in [2.05, 4.69) is 5.32 Å². The molecule has 2 aromatic rings. The smallest absolute Gasteiger partial charge is 0.339 e. The van der Waals surface area contributed by atoms with Crippen molar-refractivity contribution in [2.24, 2.45) is 0 Å². The summed E-state index contributed by atoms with van der Waals surface area (Å²) in [5.41, 5.74) is 1.80. The van der Waals surface area contributed by atoms with Crippen LogP contribution in [0.15, 0.2) is 41.1 Å². The maximum Gasteiger partial charge on any atom is 0.339 e. The first-order chi connectivity index (χ1) is 11.0. The van der Waals surface area contributed by atoms with Gasteiger partial charge >= 0.3 is 5.97 Å². The van der Waals surface area contributed by atoms with Gasteiger partial charge in [-0.1, -0.05) is 24.3 Å². The number of amides is 1. The normalized spacial score (nSPS) is 11.6. The molecule has 0 aliphatic carbocycles. The fourth-order valence-electron chi connectivity index (χ4n) is 2.02. The first-order valence-corrected chi connectivity index (χ1v) is 8.01. The molecule has 1 amide bonds.